The van der Waals surface area contributed by atoms with Gasteiger partial charge in [-0.25, -0.2) is 17.6 Å². The van der Waals surface area contributed by atoms with Gasteiger partial charge in [-0.05, 0) is 66.4 Å². The molecule has 0 atom stereocenters. The molecular weight excluding hydrogens is 583 g/mol. The summed E-state index contributed by atoms with van der Waals surface area (Å²) in [6.45, 7) is 5.19. The maximum absolute atomic E-state index is 14.9. The molecule has 0 fully saturated rings. The summed E-state index contributed by atoms with van der Waals surface area (Å²) >= 11 is 1.12. The maximum atomic E-state index is 14.9. The molecule has 2 nitrogen and oxygen atoms in total. The van der Waals surface area contributed by atoms with Gasteiger partial charge in [-0.15, -0.1) is 31.1 Å². The van der Waals surface area contributed by atoms with Crippen LogP contribution in [0.2, 0.25) is 0 Å². The quantitative estimate of drug-likeness (QED) is 0.140. The zero-order chi connectivity index (χ0) is 30.1. The second kappa shape index (κ2) is 11.5. The SMILES string of the molecule is C=CCc1cc(OC(F)(F)c2c(F)cc(-c3ccc(-c4sc(CC)cc4F)cc3F)cc2F)ccc1OC(F)(F)F. The Morgan fingerprint density at radius 2 is 1.44 bits per heavy atom. The van der Waals surface area contributed by atoms with E-state index >= 15 is 0 Å². The highest BCUT2D eigenvalue weighted by Gasteiger charge is 2.41. The summed E-state index contributed by atoms with van der Waals surface area (Å²) in [5.41, 5.74) is -2.58. The molecule has 41 heavy (non-hydrogen) atoms. The highest BCUT2D eigenvalue weighted by atomic mass is 32.1. The predicted octanol–water partition coefficient (Wildman–Crippen LogP) is 9.96. The van der Waals surface area contributed by atoms with Gasteiger partial charge in [-0.2, -0.15) is 8.78 Å². The topological polar surface area (TPSA) is 18.5 Å². The minimum atomic E-state index is -5.06. The molecule has 0 aliphatic rings. The normalized spacial score (nSPS) is 12.0. The summed E-state index contributed by atoms with van der Waals surface area (Å²) < 4.78 is 135. The van der Waals surface area contributed by atoms with E-state index < -0.39 is 58.4 Å². The van der Waals surface area contributed by atoms with Crippen LogP contribution in [0.25, 0.3) is 21.6 Å². The van der Waals surface area contributed by atoms with Crippen LogP contribution >= 0.6 is 11.3 Å². The first kappa shape index (κ1) is 30.0. The number of benzene rings is 3. The number of ether oxygens (including phenoxy) is 2. The molecule has 3 aromatic carbocycles. The summed E-state index contributed by atoms with van der Waals surface area (Å²) in [6.07, 6.45) is -8.16. The standard InChI is InChI=1S/C29H19F9O2S/c1-3-5-15-10-18(7-9-25(15)40-29(36,37)38)39-28(34,35)26-22(31)12-17(13-23(26)32)20-8-6-16(11-21(20)30)27-24(33)14-19(4-2)41-27/h3,6-14H,1,4-5H2,2H3. The van der Waals surface area contributed by atoms with Crippen molar-refractivity contribution in [2.24, 2.45) is 0 Å². The number of aryl methyl sites for hydroxylation is 1. The zero-order valence-corrected chi connectivity index (χ0v) is 21.8. The van der Waals surface area contributed by atoms with Crippen LogP contribution in [0, 0.1) is 23.3 Å². The Morgan fingerprint density at radius 1 is 0.780 bits per heavy atom. The first-order valence-electron chi connectivity index (χ1n) is 11.9. The fourth-order valence-corrected chi connectivity index (χ4v) is 5.01. The third kappa shape index (κ3) is 6.70. The van der Waals surface area contributed by atoms with E-state index in [4.69, 9.17) is 0 Å². The summed E-state index contributed by atoms with van der Waals surface area (Å²) in [5.74, 6) is -6.48. The van der Waals surface area contributed by atoms with Gasteiger partial charge in [0.15, 0.2) is 0 Å². The van der Waals surface area contributed by atoms with Gasteiger partial charge in [0, 0.05) is 16.0 Å². The maximum Gasteiger partial charge on any atom is 0.573 e. The molecular formula is C29H19F9O2S. The number of hydrogen-bond donors (Lipinski definition) is 0. The molecule has 1 heterocycles. The van der Waals surface area contributed by atoms with Gasteiger partial charge >= 0.3 is 12.5 Å². The summed E-state index contributed by atoms with van der Waals surface area (Å²) in [5, 5.41) is 0. The Morgan fingerprint density at radius 3 is 2.00 bits per heavy atom. The second-order valence-corrected chi connectivity index (χ2v) is 9.82. The molecule has 0 saturated heterocycles. The molecule has 4 rings (SSSR count). The Labute approximate surface area is 232 Å². The third-order valence-electron chi connectivity index (χ3n) is 5.83. The molecule has 0 N–H and O–H groups in total. The number of hydrogen-bond acceptors (Lipinski definition) is 3. The Bertz CT molecular complexity index is 1570. The summed E-state index contributed by atoms with van der Waals surface area (Å²) in [6, 6.07) is 7.95. The molecule has 0 bridgehead atoms. The molecule has 0 radical (unpaired) electrons. The number of rotatable bonds is 9. The predicted molar refractivity (Wildman–Crippen MR) is 136 cm³/mol. The van der Waals surface area contributed by atoms with Crippen molar-refractivity contribution in [1.82, 2.24) is 0 Å². The van der Waals surface area contributed by atoms with Crippen LogP contribution in [-0.2, 0) is 19.0 Å². The number of halogens is 9. The average molecular weight is 603 g/mol. The first-order chi connectivity index (χ1) is 19.2. The molecule has 0 aliphatic heterocycles. The van der Waals surface area contributed by atoms with E-state index in [0.29, 0.717) is 30.7 Å². The van der Waals surface area contributed by atoms with Crippen molar-refractivity contribution in [3.63, 3.8) is 0 Å². The molecule has 0 spiro atoms. The molecule has 0 aliphatic carbocycles. The van der Waals surface area contributed by atoms with E-state index in [-0.39, 0.29) is 28.0 Å². The van der Waals surface area contributed by atoms with E-state index in [1.807, 2.05) is 6.92 Å². The zero-order valence-electron chi connectivity index (χ0n) is 21.0. The van der Waals surface area contributed by atoms with Gasteiger partial charge in [0.25, 0.3) is 0 Å². The number of allylic oxidation sites excluding steroid dienone is 1. The van der Waals surface area contributed by atoms with Crippen molar-refractivity contribution in [3.05, 3.63) is 107 Å². The molecule has 12 heteroatoms. The minimum absolute atomic E-state index is 0.172. The van der Waals surface area contributed by atoms with Gasteiger partial charge < -0.3 is 9.47 Å². The number of thiophene rings is 1. The lowest BCUT2D eigenvalue weighted by molar-refractivity contribution is -0.275. The van der Waals surface area contributed by atoms with E-state index in [0.717, 1.165) is 34.4 Å². The molecule has 0 unspecified atom stereocenters. The summed E-state index contributed by atoms with van der Waals surface area (Å²) in [4.78, 5) is 0.901. The molecule has 216 valence electrons. The van der Waals surface area contributed by atoms with Crippen LogP contribution in [0.15, 0.2) is 67.3 Å². The smallest absolute Gasteiger partial charge is 0.429 e. The van der Waals surface area contributed by atoms with Crippen molar-refractivity contribution in [2.45, 2.75) is 32.2 Å². The molecule has 1 aromatic heterocycles. The highest BCUT2D eigenvalue weighted by molar-refractivity contribution is 7.15. The monoisotopic (exact) mass is 602 g/mol. The van der Waals surface area contributed by atoms with Crippen LogP contribution in [0.3, 0.4) is 0 Å². The molecule has 0 amide bonds. The lowest BCUT2D eigenvalue weighted by Crippen LogP contribution is -2.25. The van der Waals surface area contributed by atoms with Gasteiger partial charge in [0.2, 0.25) is 0 Å². The lowest BCUT2D eigenvalue weighted by Gasteiger charge is -2.21. The minimum Gasteiger partial charge on any atom is -0.429 e. The van der Waals surface area contributed by atoms with Crippen LogP contribution < -0.4 is 9.47 Å². The van der Waals surface area contributed by atoms with Gasteiger partial charge in [-0.1, -0.05) is 25.1 Å². The molecule has 4 aromatic rings. The summed E-state index contributed by atoms with van der Waals surface area (Å²) in [7, 11) is 0. The van der Waals surface area contributed by atoms with Gasteiger partial charge in [0.05, 0.1) is 4.88 Å². The van der Waals surface area contributed by atoms with Crippen molar-refractivity contribution in [2.75, 3.05) is 0 Å². The average Bonchev–Trinajstić information content (AvgIpc) is 3.24. The van der Waals surface area contributed by atoms with E-state index in [1.165, 1.54) is 18.2 Å². The van der Waals surface area contributed by atoms with E-state index in [2.05, 4.69) is 16.1 Å². The van der Waals surface area contributed by atoms with Gasteiger partial charge in [0.1, 0.15) is 40.3 Å². The number of alkyl halides is 5. The lowest BCUT2D eigenvalue weighted by atomic mass is 10.00. The largest absolute Gasteiger partial charge is 0.573 e. The van der Waals surface area contributed by atoms with E-state index in [9.17, 15) is 39.5 Å². The molecule has 0 saturated carbocycles. The Balaban J connectivity index is 1.64. The van der Waals surface area contributed by atoms with E-state index in [1.54, 1.807) is 0 Å². The first-order valence-corrected chi connectivity index (χ1v) is 12.7. The second-order valence-electron chi connectivity index (χ2n) is 8.68. The van der Waals surface area contributed by atoms with Crippen LogP contribution in [0.5, 0.6) is 11.5 Å². The van der Waals surface area contributed by atoms with Crippen molar-refractivity contribution in [1.29, 1.82) is 0 Å². The fourth-order valence-electron chi connectivity index (χ4n) is 4.04. The van der Waals surface area contributed by atoms with Crippen molar-refractivity contribution >= 4 is 11.3 Å². The van der Waals surface area contributed by atoms with Crippen LogP contribution in [-0.4, -0.2) is 6.36 Å². The van der Waals surface area contributed by atoms with Crippen LogP contribution in [0.1, 0.15) is 22.9 Å². The van der Waals surface area contributed by atoms with Crippen LogP contribution in [0.4, 0.5) is 39.5 Å². The van der Waals surface area contributed by atoms with Crippen molar-refractivity contribution in [3.8, 4) is 33.1 Å². The Hall–Kier alpha value is -3.93. The third-order valence-corrected chi connectivity index (χ3v) is 7.13. The van der Waals surface area contributed by atoms with Crippen molar-refractivity contribution < 1.29 is 49.0 Å². The fraction of sp³-hybridized carbons (Fsp3) is 0.172. The Kier molecular flexibility index (Phi) is 8.44. The van der Waals surface area contributed by atoms with Gasteiger partial charge in [-0.3, -0.25) is 0 Å². The highest BCUT2D eigenvalue weighted by Crippen LogP contribution is 2.40.